The summed E-state index contributed by atoms with van der Waals surface area (Å²) in [7, 11) is 0. The van der Waals surface area contributed by atoms with E-state index < -0.39 is 0 Å². The Balaban J connectivity index is 2.09. The van der Waals surface area contributed by atoms with Gasteiger partial charge in [0.2, 0.25) is 5.78 Å². The lowest BCUT2D eigenvalue weighted by Crippen LogP contribution is -2.12. The summed E-state index contributed by atoms with van der Waals surface area (Å²) in [5, 5.41) is 0.475. The molecule has 2 aromatic heterocycles. The summed E-state index contributed by atoms with van der Waals surface area (Å²) in [6.07, 6.45) is 5.72. The van der Waals surface area contributed by atoms with E-state index in [1.165, 1.54) is 0 Å². The molecule has 0 aliphatic rings. The molecule has 1 atom stereocenters. The van der Waals surface area contributed by atoms with Gasteiger partial charge in [-0.3, -0.25) is 4.40 Å². The van der Waals surface area contributed by atoms with Gasteiger partial charge in [0, 0.05) is 36.1 Å². The quantitative estimate of drug-likeness (QED) is 0.847. The van der Waals surface area contributed by atoms with Gasteiger partial charge < -0.3 is 5.73 Å². The number of rotatable bonds is 4. The Labute approximate surface area is 92.9 Å². The van der Waals surface area contributed by atoms with Crippen molar-refractivity contribution in [1.82, 2.24) is 14.4 Å². The summed E-state index contributed by atoms with van der Waals surface area (Å²) in [6, 6.07) is 1.90. The van der Waals surface area contributed by atoms with E-state index in [1.807, 2.05) is 34.6 Å². The Kier molecular flexibility index (Phi) is 3.23. The highest BCUT2D eigenvalue weighted by molar-refractivity contribution is 7.99. The minimum Gasteiger partial charge on any atom is -0.329 e. The summed E-state index contributed by atoms with van der Waals surface area (Å²) in [4.78, 5) is 8.58. The number of hydrogen-bond acceptors (Lipinski definition) is 4. The van der Waals surface area contributed by atoms with Gasteiger partial charge in [-0.1, -0.05) is 6.92 Å². The van der Waals surface area contributed by atoms with Crippen molar-refractivity contribution in [1.29, 1.82) is 0 Å². The molecule has 4 nitrogen and oxygen atoms in total. The molecule has 0 aliphatic heterocycles. The topological polar surface area (TPSA) is 56.2 Å². The van der Waals surface area contributed by atoms with E-state index in [0.29, 0.717) is 11.8 Å². The van der Waals surface area contributed by atoms with Crippen LogP contribution >= 0.6 is 11.8 Å². The van der Waals surface area contributed by atoms with E-state index >= 15 is 0 Å². The van der Waals surface area contributed by atoms with Crippen LogP contribution in [-0.4, -0.2) is 26.2 Å². The molecular weight excluding hydrogens is 208 g/mol. The van der Waals surface area contributed by atoms with Crippen molar-refractivity contribution in [3.8, 4) is 0 Å². The maximum absolute atomic E-state index is 5.55. The Morgan fingerprint density at radius 2 is 2.47 bits per heavy atom. The molecular formula is C10H14N4S. The molecule has 0 amide bonds. The van der Waals surface area contributed by atoms with Crippen molar-refractivity contribution in [2.75, 3.05) is 6.54 Å². The number of nitrogens with zero attached hydrogens (tertiary/aromatic N) is 3. The fourth-order valence-electron chi connectivity index (χ4n) is 1.24. The Morgan fingerprint density at radius 1 is 1.60 bits per heavy atom. The summed E-state index contributed by atoms with van der Waals surface area (Å²) in [6.45, 7) is 2.83. The Bertz CT molecular complexity index is 407. The van der Waals surface area contributed by atoms with Gasteiger partial charge in [0.15, 0.2) is 0 Å². The van der Waals surface area contributed by atoms with Crippen LogP contribution in [0.5, 0.6) is 0 Å². The lowest BCUT2D eigenvalue weighted by molar-refractivity contribution is 0.949. The molecule has 2 N–H and O–H groups in total. The van der Waals surface area contributed by atoms with Gasteiger partial charge in [0.1, 0.15) is 0 Å². The predicted octanol–water partition coefficient (Wildman–Crippen LogP) is 1.31. The van der Waals surface area contributed by atoms with Crippen LogP contribution < -0.4 is 5.73 Å². The average Bonchev–Trinajstić information content (AvgIpc) is 2.68. The largest absolute Gasteiger partial charge is 0.329 e. The van der Waals surface area contributed by atoms with Crippen LogP contribution in [0.4, 0.5) is 0 Å². The standard InChI is InChI=1S/C10H14N4S/c1-8(5-11)15-7-9-6-14-4-2-3-12-10(14)13-9/h2-4,6,8H,5,7,11H2,1H3. The number of thioether (sulfide) groups is 1. The number of fused-ring (bicyclic) bond motifs is 1. The zero-order valence-electron chi connectivity index (χ0n) is 8.63. The van der Waals surface area contributed by atoms with Crippen LogP contribution in [0.25, 0.3) is 5.78 Å². The first-order chi connectivity index (χ1) is 7.29. The van der Waals surface area contributed by atoms with Crippen molar-refractivity contribution in [2.45, 2.75) is 17.9 Å². The van der Waals surface area contributed by atoms with Crippen molar-refractivity contribution >= 4 is 17.5 Å². The van der Waals surface area contributed by atoms with Gasteiger partial charge in [-0.15, -0.1) is 0 Å². The fourth-order valence-corrected chi connectivity index (χ4v) is 1.98. The van der Waals surface area contributed by atoms with Crippen molar-refractivity contribution in [3.05, 3.63) is 30.4 Å². The Hall–Kier alpha value is -1.07. The van der Waals surface area contributed by atoms with Crippen LogP contribution in [0, 0.1) is 0 Å². The van der Waals surface area contributed by atoms with Crippen LogP contribution in [0.3, 0.4) is 0 Å². The van der Waals surface area contributed by atoms with E-state index in [9.17, 15) is 0 Å². The van der Waals surface area contributed by atoms with Gasteiger partial charge in [-0.05, 0) is 6.07 Å². The smallest absolute Gasteiger partial charge is 0.233 e. The molecule has 0 spiro atoms. The lowest BCUT2D eigenvalue weighted by atomic mass is 10.5. The second-order valence-electron chi connectivity index (χ2n) is 3.42. The number of hydrogen-bond donors (Lipinski definition) is 1. The predicted molar refractivity (Wildman–Crippen MR) is 62.8 cm³/mol. The van der Waals surface area contributed by atoms with E-state index in [1.54, 1.807) is 6.20 Å². The molecule has 0 radical (unpaired) electrons. The first kappa shape index (κ1) is 10.4. The molecule has 0 fully saturated rings. The zero-order chi connectivity index (χ0) is 10.7. The first-order valence-corrected chi connectivity index (χ1v) is 5.94. The average molecular weight is 222 g/mol. The summed E-state index contributed by atoms with van der Waals surface area (Å²) < 4.78 is 1.93. The van der Waals surface area contributed by atoms with Gasteiger partial charge in [0.05, 0.1) is 5.69 Å². The fraction of sp³-hybridized carbons (Fsp3) is 0.400. The number of aromatic nitrogens is 3. The number of nitrogens with two attached hydrogens (primary N) is 1. The molecule has 2 rings (SSSR count). The zero-order valence-corrected chi connectivity index (χ0v) is 9.44. The van der Waals surface area contributed by atoms with E-state index in [2.05, 4.69) is 16.9 Å². The summed E-state index contributed by atoms with van der Waals surface area (Å²) in [5.74, 6) is 1.65. The second-order valence-corrected chi connectivity index (χ2v) is 4.84. The molecule has 15 heavy (non-hydrogen) atoms. The minimum absolute atomic E-state index is 0.475. The van der Waals surface area contributed by atoms with Crippen molar-refractivity contribution < 1.29 is 0 Å². The van der Waals surface area contributed by atoms with Crippen molar-refractivity contribution in [3.63, 3.8) is 0 Å². The highest BCUT2D eigenvalue weighted by Crippen LogP contribution is 2.16. The summed E-state index contributed by atoms with van der Waals surface area (Å²) >= 11 is 1.82. The molecule has 1 unspecified atom stereocenters. The van der Waals surface area contributed by atoms with Crippen molar-refractivity contribution in [2.24, 2.45) is 5.73 Å². The van der Waals surface area contributed by atoms with Gasteiger partial charge >= 0.3 is 0 Å². The molecule has 0 bridgehead atoms. The third kappa shape index (κ3) is 2.49. The normalized spacial score (nSPS) is 13.2. The van der Waals surface area contributed by atoms with Crippen LogP contribution in [-0.2, 0) is 5.75 Å². The molecule has 5 heteroatoms. The lowest BCUT2D eigenvalue weighted by Gasteiger charge is -2.04. The molecule has 80 valence electrons. The van der Waals surface area contributed by atoms with E-state index in [0.717, 1.165) is 17.2 Å². The molecule has 0 aromatic carbocycles. The molecule has 2 heterocycles. The third-order valence-electron chi connectivity index (χ3n) is 2.13. The number of imidazole rings is 1. The minimum atomic E-state index is 0.475. The molecule has 0 saturated carbocycles. The first-order valence-electron chi connectivity index (χ1n) is 4.90. The highest BCUT2D eigenvalue weighted by atomic mass is 32.2. The van der Waals surface area contributed by atoms with Crippen LogP contribution in [0.15, 0.2) is 24.7 Å². The van der Waals surface area contributed by atoms with E-state index in [4.69, 9.17) is 5.73 Å². The van der Waals surface area contributed by atoms with Gasteiger partial charge in [0.25, 0.3) is 0 Å². The highest BCUT2D eigenvalue weighted by Gasteiger charge is 2.04. The van der Waals surface area contributed by atoms with Crippen LogP contribution in [0.2, 0.25) is 0 Å². The monoisotopic (exact) mass is 222 g/mol. The second kappa shape index (κ2) is 4.63. The molecule has 0 aliphatic carbocycles. The van der Waals surface area contributed by atoms with Crippen LogP contribution in [0.1, 0.15) is 12.6 Å². The Morgan fingerprint density at radius 3 is 3.20 bits per heavy atom. The molecule has 0 saturated heterocycles. The maximum atomic E-state index is 5.55. The maximum Gasteiger partial charge on any atom is 0.233 e. The molecule has 2 aromatic rings. The van der Waals surface area contributed by atoms with Gasteiger partial charge in [-0.25, -0.2) is 9.97 Å². The van der Waals surface area contributed by atoms with E-state index in [-0.39, 0.29) is 0 Å². The summed E-state index contributed by atoms with van der Waals surface area (Å²) in [5.41, 5.74) is 6.61. The van der Waals surface area contributed by atoms with Gasteiger partial charge in [-0.2, -0.15) is 11.8 Å². The third-order valence-corrected chi connectivity index (χ3v) is 3.36. The SMILES string of the molecule is CC(CN)SCc1cn2cccnc2n1.